The third-order valence-electron chi connectivity index (χ3n) is 7.23. The summed E-state index contributed by atoms with van der Waals surface area (Å²) in [7, 11) is -4.77. The molecule has 1 saturated heterocycles. The summed E-state index contributed by atoms with van der Waals surface area (Å²) in [5, 5.41) is 35.8. The van der Waals surface area contributed by atoms with Crippen LogP contribution in [0.25, 0.3) is 11.2 Å². The first-order valence-electron chi connectivity index (χ1n) is 14.1. The monoisotopic (exact) mass is 608 g/mol. The number of amides is 1. The Balaban J connectivity index is 1.06. The van der Waals surface area contributed by atoms with Crippen LogP contribution in [-0.4, -0.2) is 87.2 Å². The lowest BCUT2D eigenvalue weighted by Crippen LogP contribution is -2.33. The zero-order valence-corrected chi connectivity index (χ0v) is 23.9. The summed E-state index contributed by atoms with van der Waals surface area (Å²) >= 11 is 0. The molecule has 0 spiro atoms. The van der Waals surface area contributed by atoms with E-state index in [0.29, 0.717) is 30.1 Å². The lowest BCUT2D eigenvalue weighted by Gasteiger charge is -2.16. The van der Waals surface area contributed by atoms with Crippen molar-refractivity contribution in [1.29, 1.82) is 0 Å². The van der Waals surface area contributed by atoms with Crippen molar-refractivity contribution in [3.63, 3.8) is 0 Å². The molecule has 0 bridgehead atoms. The molecule has 0 radical (unpaired) electrons. The van der Waals surface area contributed by atoms with Crippen LogP contribution in [0.5, 0.6) is 0 Å². The number of hydrogen-bond acceptors (Lipinski definition) is 11. The largest absolute Gasteiger partial charge is 0.394 e. The van der Waals surface area contributed by atoms with Crippen LogP contribution in [0.3, 0.4) is 0 Å². The maximum absolute atomic E-state index is 12.9. The van der Waals surface area contributed by atoms with Crippen LogP contribution in [0.2, 0.25) is 0 Å². The zero-order chi connectivity index (χ0) is 30.1. The molecule has 1 aliphatic rings. The van der Waals surface area contributed by atoms with E-state index < -0.39 is 46.3 Å². The highest BCUT2D eigenvalue weighted by molar-refractivity contribution is 7.86. The van der Waals surface area contributed by atoms with Gasteiger partial charge in [0, 0.05) is 18.7 Å². The number of benzene rings is 1. The van der Waals surface area contributed by atoms with Crippen LogP contribution in [0, 0.1) is 0 Å². The summed E-state index contributed by atoms with van der Waals surface area (Å²) < 4.78 is 41.8. The number of carbonyl (C=O) groups excluding carboxylic acids is 1. The fourth-order valence-electron chi connectivity index (χ4n) is 4.87. The zero-order valence-electron chi connectivity index (χ0n) is 23.1. The molecule has 42 heavy (non-hydrogen) atoms. The van der Waals surface area contributed by atoms with Crippen molar-refractivity contribution in [2.45, 2.75) is 80.8 Å². The number of aliphatic hydroxyl groups excluding tert-OH is 3. The van der Waals surface area contributed by atoms with Crippen LogP contribution >= 0.6 is 0 Å². The van der Waals surface area contributed by atoms with Gasteiger partial charge in [-0.25, -0.2) is 15.0 Å². The van der Waals surface area contributed by atoms with Crippen molar-refractivity contribution in [2.24, 2.45) is 0 Å². The lowest BCUT2D eigenvalue weighted by atomic mass is 10.1. The van der Waals surface area contributed by atoms with Crippen molar-refractivity contribution in [3.05, 3.63) is 42.5 Å². The van der Waals surface area contributed by atoms with E-state index in [4.69, 9.17) is 4.74 Å². The van der Waals surface area contributed by atoms with Gasteiger partial charge in [-0.3, -0.25) is 9.36 Å². The maximum Gasteiger partial charge on any atom is 0.332 e. The molecule has 1 amide bonds. The Hall–Kier alpha value is -3.24. The molecule has 1 aromatic carbocycles. The first-order chi connectivity index (χ1) is 20.2. The highest BCUT2D eigenvalue weighted by Crippen LogP contribution is 2.32. The number of anilines is 1. The Labute approximate surface area is 243 Å². The molecule has 5 N–H and O–H groups in total. The molecule has 2 aromatic heterocycles. The molecule has 230 valence electrons. The van der Waals surface area contributed by atoms with E-state index in [1.54, 1.807) is 0 Å². The molecule has 1 aliphatic heterocycles. The molecule has 4 atom stereocenters. The van der Waals surface area contributed by atoms with Gasteiger partial charge in [0.05, 0.1) is 17.8 Å². The summed E-state index contributed by atoms with van der Waals surface area (Å²) in [5.74, 6) is 0.252. The van der Waals surface area contributed by atoms with Crippen LogP contribution in [0.4, 0.5) is 9.70 Å². The van der Waals surface area contributed by atoms with Gasteiger partial charge in [-0.1, -0.05) is 38.5 Å². The molecule has 3 aromatic rings. The Morgan fingerprint density at radius 1 is 0.929 bits per heavy atom. The molecule has 4 rings (SSSR count). The molecule has 3 heterocycles. The number of fused-ring (bicyclic) bond motifs is 1. The second-order valence-corrected chi connectivity index (χ2v) is 11.6. The number of halogens is 1. The van der Waals surface area contributed by atoms with Gasteiger partial charge in [0.25, 0.3) is 5.91 Å². The molecular formula is C27H37FN6O7S. The van der Waals surface area contributed by atoms with Crippen molar-refractivity contribution < 1.29 is 37.2 Å². The Bertz CT molecular complexity index is 1420. The van der Waals surface area contributed by atoms with Crippen molar-refractivity contribution >= 4 is 33.1 Å². The van der Waals surface area contributed by atoms with E-state index in [-0.39, 0.29) is 11.5 Å². The van der Waals surface area contributed by atoms with Crippen LogP contribution in [-0.2, 0) is 15.0 Å². The number of carbonyl (C=O) groups is 1. The van der Waals surface area contributed by atoms with Crippen molar-refractivity contribution in [1.82, 2.24) is 24.8 Å². The quantitative estimate of drug-likeness (QED) is 0.118. The number of nitrogens with zero attached hydrogens (tertiary/aromatic N) is 4. The number of imidazole rings is 1. The molecule has 0 aliphatic carbocycles. The first kappa shape index (κ1) is 31.7. The fourth-order valence-corrected chi connectivity index (χ4v) is 5.33. The number of aromatic nitrogens is 4. The SMILES string of the molecule is O=C(NCCCCCCCCCCNc1ncnc2c1ncn2C1OC(CO)C(O)C1O)c1ccc(S(=O)(=O)F)cc1. The van der Waals surface area contributed by atoms with Crippen LogP contribution < -0.4 is 10.6 Å². The summed E-state index contributed by atoms with van der Waals surface area (Å²) in [6, 6.07) is 4.73. The second kappa shape index (κ2) is 14.8. The third-order valence-corrected chi connectivity index (χ3v) is 8.06. The normalized spacial score (nSPS) is 20.7. The van der Waals surface area contributed by atoms with Gasteiger partial charge < -0.3 is 30.7 Å². The lowest BCUT2D eigenvalue weighted by molar-refractivity contribution is -0.0511. The van der Waals surface area contributed by atoms with Gasteiger partial charge in [-0.15, -0.1) is 3.89 Å². The second-order valence-electron chi connectivity index (χ2n) is 10.2. The number of aliphatic hydroxyl groups is 3. The van der Waals surface area contributed by atoms with E-state index in [9.17, 15) is 32.4 Å². The minimum atomic E-state index is -4.77. The summed E-state index contributed by atoms with van der Waals surface area (Å²) in [6.45, 7) is 0.809. The highest BCUT2D eigenvalue weighted by atomic mass is 32.3. The highest BCUT2D eigenvalue weighted by Gasteiger charge is 2.44. The van der Waals surface area contributed by atoms with Gasteiger partial charge in [0.2, 0.25) is 0 Å². The van der Waals surface area contributed by atoms with Crippen LogP contribution in [0.15, 0.2) is 41.8 Å². The van der Waals surface area contributed by atoms with Gasteiger partial charge in [0.1, 0.15) is 24.6 Å². The van der Waals surface area contributed by atoms with E-state index in [1.165, 1.54) is 29.4 Å². The van der Waals surface area contributed by atoms with Gasteiger partial charge in [-0.2, -0.15) is 8.42 Å². The number of nitrogens with one attached hydrogen (secondary N) is 2. The van der Waals surface area contributed by atoms with E-state index >= 15 is 0 Å². The number of hydrogen-bond donors (Lipinski definition) is 5. The Morgan fingerprint density at radius 2 is 1.57 bits per heavy atom. The average Bonchev–Trinajstić information content (AvgIpc) is 3.53. The molecule has 4 unspecified atom stereocenters. The third kappa shape index (κ3) is 7.98. The number of rotatable bonds is 16. The topological polar surface area (TPSA) is 189 Å². The summed E-state index contributed by atoms with van der Waals surface area (Å²) in [4.78, 5) is 24.6. The fraction of sp³-hybridized carbons (Fsp3) is 0.556. The molecule has 15 heteroatoms. The number of unbranched alkanes of at least 4 members (excludes halogenated alkanes) is 7. The predicted molar refractivity (Wildman–Crippen MR) is 151 cm³/mol. The van der Waals surface area contributed by atoms with Crippen LogP contribution in [0.1, 0.15) is 68.0 Å². The minimum absolute atomic E-state index is 0.284. The van der Waals surface area contributed by atoms with Gasteiger partial charge in [-0.05, 0) is 37.1 Å². The van der Waals surface area contributed by atoms with Crippen molar-refractivity contribution in [3.8, 4) is 0 Å². The minimum Gasteiger partial charge on any atom is -0.394 e. The summed E-state index contributed by atoms with van der Waals surface area (Å²) in [5.41, 5.74) is 1.26. The van der Waals surface area contributed by atoms with Gasteiger partial charge >= 0.3 is 10.2 Å². The van der Waals surface area contributed by atoms with Crippen molar-refractivity contribution in [2.75, 3.05) is 25.0 Å². The smallest absolute Gasteiger partial charge is 0.332 e. The van der Waals surface area contributed by atoms with E-state index in [0.717, 1.165) is 63.5 Å². The standard InChI is InChI=1S/C27H37FN6O7S/c28-42(39,40)19-11-9-18(10-12-19)26(38)30-14-8-6-4-2-1-3-5-7-13-29-24-21-25(32-16-31-24)34(17-33-21)27-23(37)22(36)20(15-35)41-27/h9-12,16-17,20,22-23,27,35-37H,1-8,13-15H2,(H,30,38)(H,29,31,32). The number of ether oxygens (including phenoxy) is 1. The predicted octanol–water partition coefficient (Wildman–Crippen LogP) is 2.06. The molecule has 13 nitrogen and oxygen atoms in total. The molecule has 0 saturated carbocycles. The summed E-state index contributed by atoms with van der Waals surface area (Å²) in [6.07, 6.45) is 6.84. The average molecular weight is 609 g/mol. The van der Waals surface area contributed by atoms with E-state index in [1.807, 2.05) is 0 Å². The Morgan fingerprint density at radius 3 is 2.19 bits per heavy atom. The maximum atomic E-state index is 12.9. The molecular weight excluding hydrogens is 571 g/mol. The Kier molecular flexibility index (Phi) is 11.2. The molecule has 1 fully saturated rings. The van der Waals surface area contributed by atoms with E-state index in [2.05, 4.69) is 25.6 Å². The van der Waals surface area contributed by atoms with Gasteiger partial charge in [0.15, 0.2) is 23.2 Å². The first-order valence-corrected chi connectivity index (χ1v) is 15.5.